The number of ether oxygens (including phenoxy) is 1. The molecular weight excluding hydrogens is 362 g/mol. The second-order valence-corrected chi connectivity index (χ2v) is 8.77. The van der Waals surface area contributed by atoms with Gasteiger partial charge >= 0.3 is 0 Å². The number of aliphatic hydroxyl groups is 2. The van der Waals surface area contributed by atoms with Gasteiger partial charge in [0.05, 0.1) is 0 Å². The van der Waals surface area contributed by atoms with Gasteiger partial charge in [-0.05, 0) is 26.7 Å². The van der Waals surface area contributed by atoms with Crippen LogP contribution in [0.15, 0.2) is 0 Å². The molecule has 0 aromatic carbocycles. The van der Waals surface area contributed by atoms with Crippen LogP contribution in [0.4, 0.5) is 0 Å². The molecule has 0 radical (unpaired) electrons. The van der Waals surface area contributed by atoms with E-state index >= 15 is 0 Å². The number of hydrogen-bond donors (Lipinski definition) is 2. The molecule has 0 rings (SSSR count). The van der Waals surface area contributed by atoms with Crippen LogP contribution in [0.1, 0.15) is 130 Å². The van der Waals surface area contributed by atoms with Crippen LogP contribution in [0.5, 0.6) is 0 Å². The first-order valence-electron chi connectivity index (χ1n) is 12.8. The Hall–Kier alpha value is -0.160. The van der Waals surface area contributed by atoms with Gasteiger partial charge < -0.3 is 14.9 Å². The van der Waals surface area contributed by atoms with Crippen LogP contribution >= 0.6 is 0 Å². The highest BCUT2D eigenvalue weighted by molar-refractivity contribution is 4.59. The van der Waals surface area contributed by atoms with E-state index in [1.165, 1.54) is 96.3 Å². The van der Waals surface area contributed by atoms with E-state index in [9.17, 15) is 10.2 Å². The molecule has 2 atom stereocenters. The van der Waals surface area contributed by atoms with Gasteiger partial charge in [0.1, 0.15) is 12.5 Å². The first-order chi connectivity index (χ1) is 14.1. The lowest BCUT2D eigenvalue weighted by Gasteiger charge is -2.27. The van der Waals surface area contributed by atoms with Gasteiger partial charge in [-0.3, -0.25) is 4.90 Å². The van der Waals surface area contributed by atoms with Crippen LogP contribution in [0, 0.1) is 0 Å². The van der Waals surface area contributed by atoms with Crippen molar-refractivity contribution in [1.82, 2.24) is 4.90 Å². The molecule has 2 unspecified atom stereocenters. The monoisotopic (exact) mass is 415 g/mol. The Labute approximate surface area is 182 Å². The summed E-state index contributed by atoms with van der Waals surface area (Å²) in [4.78, 5) is 1.66. The molecule has 0 aromatic heterocycles. The maximum atomic E-state index is 9.57. The number of hydrogen-bond acceptors (Lipinski definition) is 4. The van der Waals surface area contributed by atoms with Crippen LogP contribution in [0.2, 0.25) is 0 Å². The summed E-state index contributed by atoms with van der Waals surface area (Å²) in [5, 5.41) is 19.1. The average Bonchev–Trinajstić information content (AvgIpc) is 2.68. The Morgan fingerprint density at radius 1 is 0.552 bits per heavy atom. The maximum Gasteiger partial charge on any atom is 0.106 e. The lowest BCUT2D eigenvalue weighted by molar-refractivity contribution is -0.0866. The molecular formula is C25H53NO3. The quantitative estimate of drug-likeness (QED) is 0.145. The van der Waals surface area contributed by atoms with E-state index in [1.54, 1.807) is 18.7 Å². The summed E-state index contributed by atoms with van der Waals surface area (Å²) in [5.74, 6) is 0. The van der Waals surface area contributed by atoms with E-state index < -0.39 is 12.5 Å². The molecule has 176 valence electrons. The highest BCUT2D eigenvalue weighted by atomic mass is 16.5. The molecule has 0 aliphatic heterocycles. The smallest absolute Gasteiger partial charge is 0.106 e. The molecule has 0 aliphatic carbocycles. The Morgan fingerprint density at radius 2 is 0.897 bits per heavy atom. The van der Waals surface area contributed by atoms with Crippen molar-refractivity contribution in [2.75, 3.05) is 19.8 Å². The second-order valence-electron chi connectivity index (χ2n) is 8.77. The lowest BCUT2D eigenvalue weighted by Crippen LogP contribution is -2.41. The minimum Gasteiger partial charge on any atom is -0.381 e. The van der Waals surface area contributed by atoms with Gasteiger partial charge in [0.15, 0.2) is 0 Å². The lowest BCUT2D eigenvalue weighted by atomic mass is 10.0. The zero-order chi connectivity index (χ0) is 21.6. The predicted molar refractivity (Wildman–Crippen MR) is 125 cm³/mol. The zero-order valence-electron chi connectivity index (χ0n) is 20.0. The van der Waals surface area contributed by atoms with Gasteiger partial charge in [-0.25, -0.2) is 0 Å². The summed E-state index contributed by atoms with van der Waals surface area (Å²) in [6.45, 7) is 7.85. The third-order valence-corrected chi connectivity index (χ3v) is 5.81. The van der Waals surface area contributed by atoms with Gasteiger partial charge in [0.2, 0.25) is 0 Å². The summed E-state index contributed by atoms with van der Waals surface area (Å²) >= 11 is 0. The fraction of sp³-hybridized carbons (Fsp3) is 1.00. The van der Waals surface area contributed by atoms with Gasteiger partial charge in [-0.15, -0.1) is 0 Å². The molecule has 0 saturated heterocycles. The Balaban J connectivity index is 3.15. The van der Waals surface area contributed by atoms with Gasteiger partial charge in [0, 0.05) is 19.8 Å². The molecule has 4 heteroatoms. The number of rotatable bonds is 23. The van der Waals surface area contributed by atoms with Crippen LogP contribution in [0.25, 0.3) is 0 Å². The van der Waals surface area contributed by atoms with E-state index in [-0.39, 0.29) is 0 Å². The normalized spacial score (nSPS) is 13.9. The van der Waals surface area contributed by atoms with E-state index in [4.69, 9.17) is 4.74 Å². The molecule has 0 spiro atoms. The summed E-state index contributed by atoms with van der Waals surface area (Å²) in [6, 6.07) is 0. The zero-order valence-corrected chi connectivity index (χ0v) is 20.0. The van der Waals surface area contributed by atoms with E-state index in [2.05, 4.69) is 6.92 Å². The third kappa shape index (κ3) is 20.9. The SMILES string of the molecule is CCCCCCCCCCCCCCCCCCOCCCN(C(C)O)C(C)O. The molecule has 0 heterocycles. The largest absolute Gasteiger partial charge is 0.381 e. The van der Waals surface area contributed by atoms with Crippen molar-refractivity contribution >= 4 is 0 Å². The van der Waals surface area contributed by atoms with Crippen molar-refractivity contribution < 1.29 is 14.9 Å². The summed E-state index contributed by atoms with van der Waals surface area (Å²) in [5.41, 5.74) is 0. The Morgan fingerprint density at radius 3 is 1.28 bits per heavy atom. The first-order valence-corrected chi connectivity index (χ1v) is 12.8. The minimum absolute atomic E-state index is 0.615. The fourth-order valence-corrected chi connectivity index (χ4v) is 3.89. The van der Waals surface area contributed by atoms with Gasteiger partial charge in [-0.1, -0.05) is 103 Å². The Kier molecular flexibility index (Phi) is 22.4. The first kappa shape index (κ1) is 28.8. The number of aliphatic hydroxyl groups excluding tert-OH is 2. The van der Waals surface area contributed by atoms with Crippen LogP contribution < -0.4 is 0 Å². The summed E-state index contributed by atoms with van der Waals surface area (Å²) in [7, 11) is 0. The molecule has 4 nitrogen and oxygen atoms in total. The summed E-state index contributed by atoms with van der Waals surface area (Å²) < 4.78 is 5.67. The topological polar surface area (TPSA) is 52.9 Å². The second kappa shape index (κ2) is 22.5. The molecule has 0 bridgehead atoms. The maximum absolute atomic E-state index is 9.57. The van der Waals surface area contributed by atoms with Crippen molar-refractivity contribution in [2.24, 2.45) is 0 Å². The van der Waals surface area contributed by atoms with E-state index in [1.807, 2.05) is 0 Å². The average molecular weight is 416 g/mol. The van der Waals surface area contributed by atoms with Crippen LogP contribution in [-0.4, -0.2) is 47.3 Å². The van der Waals surface area contributed by atoms with E-state index in [0.717, 1.165) is 19.4 Å². The van der Waals surface area contributed by atoms with Crippen molar-refractivity contribution in [2.45, 2.75) is 142 Å². The number of unbranched alkanes of at least 4 members (excludes halogenated alkanes) is 15. The Bertz CT molecular complexity index is 302. The van der Waals surface area contributed by atoms with Crippen molar-refractivity contribution in [3.63, 3.8) is 0 Å². The highest BCUT2D eigenvalue weighted by Crippen LogP contribution is 2.13. The molecule has 0 aliphatic rings. The third-order valence-electron chi connectivity index (χ3n) is 5.81. The standard InChI is InChI=1S/C25H53NO3/c1-4-5-6-7-8-9-10-11-12-13-14-15-16-17-18-19-22-29-23-20-21-26(24(2)27)25(3)28/h24-25,27-28H,4-23H2,1-3H3. The molecule has 0 aromatic rings. The highest BCUT2D eigenvalue weighted by Gasteiger charge is 2.14. The van der Waals surface area contributed by atoms with Gasteiger partial charge in [-0.2, -0.15) is 0 Å². The number of nitrogens with zero attached hydrogens (tertiary/aromatic N) is 1. The minimum atomic E-state index is -0.615. The predicted octanol–water partition coefficient (Wildman–Crippen LogP) is 6.63. The molecule has 0 amide bonds. The molecule has 29 heavy (non-hydrogen) atoms. The van der Waals surface area contributed by atoms with Crippen LogP contribution in [-0.2, 0) is 4.74 Å². The molecule has 0 saturated carbocycles. The van der Waals surface area contributed by atoms with E-state index in [0.29, 0.717) is 13.2 Å². The fourth-order valence-electron chi connectivity index (χ4n) is 3.89. The van der Waals surface area contributed by atoms with Gasteiger partial charge in [0.25, 0.3) is 0 Å². The van der Waals surface area contributed by atoms with Crippen LogP contribution in [0.3, 0.4) is 0 Å². The van der Waals surface area contributed by atoms with Crippen molar-refractivity contribution in [3.8, 4) is 0 Å². The van der Waals surface area contributed by atoms with Crippen molar-refractivity contribution in [3.05, 3.63) is 0 Å². The molecule has 0 fully saturated rings. The molecule has 2 N–H and O–H groups in total. The summed E-state index contributed by atoms with van der Waals surface area (Å²) in [6.07, 6.45) is 21.8. The van der Waals surface area contributed by atoms with Crippen molar-refractivity contribution in [1.29, 1.82) is 0 Å².